The normalized spacial score (nSPS) is 25.8. The van der Waals surface area contributed by atoms with Gasteiger partial charge in [0.1, 0.15) is 11.5 Å². The summed E-state index contributed by atoms with van der Waals surface area (Å²) in [6.07, 6.45) is 2.45. The molecule has 0 amide bonds. The quantitative estimate of drug-likeness (QED) is 0.830. The van der Waals surface area contributed by atoms with Gasteiger partial charge in [0, 0.05) is 25.8 Å². The minimum absolute atomic E-state index is 0.321. The highest BCUT2D eigenvalue weighted by Gasteiger charge is 2.34. The van der Waals surface area contributed by atoms with Gasteiger partial charge in [-0.05, 0) is 67.9 Å². The molecule has 0 aromatic heterocycles. The molecule has 0 spiro atoms. The van der Waals surface area contributed by atoms with Crippen LogP contribution in [0, 0.1) is 17.8 Å². The largest absolute Gasteiger partial charge is 0.497 e. The number of piperidine rings is 1. The van der Waals surface area contributed by atoms with Crippen molar-refractivity contribution in [3.63, 3.8) is 0 Å². The first-order valence-electron chi connectivity index (χ1n) is 8.99. The zero-order valence-corrected chi connectivity index (χ0v) is 14.8. The van der Waals surface area contributed by atoms with Gasteiger partial charge < -0.3 is 19.9 Å². The summed E-state index contributed by atoms with van der Waals surface area (Å²) in [5.41, 5.74) is 1.24. The number of aliphatic hydroxyl groups excluding tert-OH is 1. The van der Waals surface area contributed by atoms with Gasteiger partial charge in [0.2, 0.25) is 0 Å². The second-order valence-electron chi connectivity index (χ2n) is 7.10. The summed E-state index contributed by atoms with van der Waals surface area (Å²) in [4.78, 5) is 2.51. The fourth-order valence-corrected chi connectivity index (χ4v) is 4.26. The van der Waals surface area contributed by atoms with Gasteiger partial charge >= 0.3 is 0 Å². The van der Waals surface area contributed by atoms with Gasteiger partial charge in [0.15, 0.2) is 0 Å². The third-order valence-corrected chi connectivity index (χ3v) is 5.68. The molecule has 0 bridgehead atoms. The maximum atomic E-state index is 9.54. The fourth-order valence-electron chi connectivity index (χ4n) is 4.26. The lowest BCUT2D eigenvalue weighted by Crippen LogP contribution is -2.38. The third kappa shape index (κ3) is 4.02. The molecule has 2 heterocycles. The molecular formula is C19H30N2O3. The Hall–Kier alpha value is -1.30. The molecule has 2 aliphatic heterocycles. The molecule has 2 N–H and O–H groups in total. The number of nitrogens with one attached hydrogen (secondary N) is 1. The van der Waals surface area contributed by atoms with Crippen LogP contribution in [0.2, 0.25) is 0 Å². The molecule has 134 valence electrons. The van der Waals surface area contributed by atoms with Crippen molar-refractivity contribution in [2.75, 3.05) is 47.0 Å². The van der Waals surface area contributed by atoms with E-state index in [4.69, 9.17) is 9.47 Å². The van der Waals surface area contributed by atoms with Gasteiger partial charge in [-0.25, -0.2) is 0 Å². The van der Waals surface area contributed by atoms with Gasteiger partial charge in [0.05, 0.1) is 14.2 Å². The number of nitrogens with zero attached hydrogens (tertiary/aromatic N) is 1. The summed E-state index contributed by atoms with van der Waals surface area (Å²) < 4.78 is 10.7. The highest BCUT2D eigenvalue weighted by molar-refractivity contribution is 5.38. The summed E-state index contributed by atoms with van der Waals surface area (Å²) in [5.74, 6) is 3.54. The van der Waals surface area contributed by atoms with Crippen LogP contribution in [-0.2, 0) is 6.54 Å². The van der Waals surface area contributed by atoms with E-state index in [2.05, 4.69) is 22.3 Å². The van der Waals surface area contributed by atoms with Crippen molar-refractivity contribution in [1.82, 2.24) is 10.2 Å². The van der Waals surface area contributed by atoms with Crippen molar-refractivity contribution in [2.45, 2.75) is 19.4 Å². The Morgan fingerprint density at radius 1 is 1.08 bits per heavy atom. The number of ether oxygens (including phenoxy) is 2. The molecule has 5 heteroatoms. The average molecular weight is 334 g/mol. The minimum atomic E-state index is 0.321. The van der Waals surface area contributed by atoms with Gasteiger partial charge in [-0.2, -0.15) is 0 Å². The molecule has 24 heavy (non-hydrogen) atoms. The smallest absolute Gasteiger partial charge is 0.122 e. The maximum absolute atomic E-state index is 9.54. The van der Waals surface area contributed by atoms with Crippen molar-refractivity contribution in [1.29, 1.82) is 0 Å². The van der Waals surface area contributed by atoms with Crippen LogP contribution in [0.4, 0.5) is 0 Å². The first-order chi connectivity index (χ1) is 11.7. The molecule has 0 aliphatic carbocycles. The summed E-state index contributed by atoms with van der Waals surface area (Å²) in [5, 5.41) is 13.0. The highest BCUT2D eigenvalue weighted by atomic mass is 16.5. The Morgan fingerprint density at radius 2 is 1.75 bits per heavy atom. The number of hydrogen-bond acceptors (Lipinski definition) is 5. The lowest BCUT2D eigenvalue weighted by molar-refractivity contribution is 0.108. The van der Waals surface area contributed by atoms with Crippen molar-refractivity contribution in [2.24, 2.45) is 17.8 Å². The van der Waals surface area contributed by atoms with Crippen LogP contribution in [0.5, 0.6) is 11.5 Å². The molecule has 2 aliphatic rings. The Kier molecular flexibility index (Phi) is 5.98. The molecule has 2 fully saturated rings. The molecule has 5 nitrogen and oxygen atoms in total. The van der Waals surface area contributed by atoms with Crippen LogP contribution in [0.15, 0.2) is 18.2 Å². The molecular weight excluding hydrogens is 304 g/mol. The lowest BCUT2D eigenvalue weighted by atomic mass is 9.79. The second-order valence-corrected chi connectivity index (χ2v) is 7.10. The number of benzene rings is 1. The standard InChI is InChI=1S/C19H30N2O3/c1-23-17-7-14(8-18(9-17)24-2)12-21-5-3-15(4-6-21)19-11-20-10-16(19)13-22/h7-9,15-16,19-20,22H,3-6,10-13H2,1-2H3/t16-,19-/m0/s1. The summed E-state index contributed by atoms with van der Waals surface area (Å²) >= 11 is 0. The van der Waals surface area contributed by atoms with E-state index in [9.17, 15) is 5.11 Å². The van der Waals surface area contributed by atoms with Crippen LogP contribution in [0.1, 0.15) is 18.4 Å². The molecule has 1 aromatic rings. The number of rotatable bonds is 6. The van der Waals surface area contributed by atoms with Crippen molar-refractivity contribution >= 4 is 0 Å². The predicted octanol–water partition coefficient (Wildman–Crippen LogP) is 1.74. The topological polar surface area (TPSA) is 54.0 Å². The van der Waals surface area contributed by atoms with E-state index in [-0.39, 0.29) is 0 Å². The van der Waals surface area contributed by atoms with E-state index in [0.29, 0.717) is 18.4 Å². The number of hydrogen-bond donors (Lipinski definition) is 2. The van der Waals surface area contributed by atoms with E-state index in [0.717, 1.165) is 50.1 Å². The molecule has 0 saturated carbocycles. The number of likely N-dealkylation sites (tertiary alicyclic amines) is 1. The van der Waals surface area contributed by atoms with Gasteiger partial charge in [-0.3, -0.25) is 4.90 Å². The zero-order valence-electron chi connectivity index (χ0n) is 14.8. The van der Waals surface area contributed by atoms with Crippen LogP contribution >= 0.6 is 0 Å². The second kappa shape index (κ2) is 8.19. The number of aliphatic hydroxyl groups is 1. The molecule has 3 rings (SSSR count). The van der Waals surface area contributed by atoms with Crippen LogP contribution in [-0.4, -0.2) is 57.0 Å². The molecule has 0 unspecified atom stereocenters. The zero-order chi connectivity index (χ0) is 16.9. The SMILES string of the molecule is COc1cc(CN2CCC([C@@H]3CNC[C@H]3CO)CC2)cc(OC)c1. The minimum Gasteiger partial charge on any atom is -0.497 e. The third-order valence-electron chi connectivity index (χ3n) is 5.68. The Labute approximate surface area is 144 Å². The highest BCUT2D eigenvalue weighted by Crippen LogP contribution is 2.33. The Bertz CT molecular complexity index is 507. The van der Waals surface area contributed by atoms with E-state index in [1.54, 1.807) is 14.2 Å². The average Bonchev–Trinajstić information content (AvgIpc) is 3.10. The fraction of sp³-hybridized carbons (Fsp3) is 0.684. The first-order valence-corrected chi connectivity index (χ1v) is 8.99. The summed E-state index contributed by atoms with van der Waals surface area (Å²) in [6.45, 7) is 5.56. The van der Waals surface area contributed by atoms with Crippen molar-refractivity contribution < 1.29 is 14.6 Å². The summed E-state index contributed by atoms with van der Waals surface area (Å²) in [7, 11) is 3.38. The van der Waals surface area contributed by atoms with E-state index < -0.39 is 0 Å². The Balaban J connectivity index is 1.55. The van der Waals surface area contributed by atoms with Crippen molar-refractivity contribution in [3.8, 4) is 11.5 Å². The molecule has 0 radical (unpaired) electrons. The molecule has 1 aromatic carbocycles. The van der Waals surface area contributed by atoms with Crippen LogP contribution < -0.4 is 14.8 Å². The van der Waals surface area contributed by atoms with E-state index >= 15 is 0 Å². The van der Waals surface area contributed by atoms with Gasteiger partial charge in [-0.15, -0.1) is 0 Å². The van der Waals surface area contributed by atoms with E-state index in [1.165, 1.54) is 18.4 Å². The maximum Gasteiger partial charge on any atom is 0.122 e. The first kappa shape index (κ1) is 17.5. The Morgan fingerprint density at radius 3 is 2.33 bits per heavy atom. The van der Waals surface area contributed by atoms with E-state index in [1.807, 2.05) is 6.07 Å². The lowest BCUT2D eigenvalue weighted by Gasteiger charge is -2.36. The van der Waals surface area contributed by atoms with Gasteiger partial charge in [0.25, 0.3) is 0 Å². The van der Waals surface area contributed by atoms with Crippen LogP contribution in [0.25, 0.3) is 0 Å². The van der Waals surface area contributed by atoms with Gasteiger partial charge in [-0.1, -0.05) is 0 Å². The predicted molar refractivity (Wildman–Crippen MR) is 94.5 cm³/mol. The monoisotopic (exact) mass is 334 g/mol. The van der Waals surface area contributed by atoms with Crippen LogP contribution in [0.3, 0.4) is 0 Å². The molecule has 2 atom stereocenters. The molecule has 2 saturated heterocycles. The number of methoxy groups -OCH3 is 2. The summed E-state index contributed by atoms with van der Waals surface area (Å²) in [6, 6.07) is 6.10. The van der Waals surface area contributed by atoms with Crippen molar-refractivity contribution in [3.05, 3.63) is 23.8 Å².